The first-order valence-electron chi connectivity index (χ1n) is 5.88. The van der Waals surface area contributed by atoms with Gasteiger partial charge in [-0.1, -0.05) is 0 Å². The van der Waals surface area contributed by atoms with Gasteiger partial charge < -0.3 is 0 Å². The maximum absolute atomic E-state index is 11.8. The molecule has 0 N–H and O–H groups in total. The maximum atomic E-state index is 11.8. The first-order chi connectivity index (χ1) is 9.13. The number of nitrogens with zero attached hydrogens (tertiary/aromatic N) is 1. The molecule has 0 bridgehead atoms. The summed E-state index contributed by atoms with van der Waals surface area (Å²) >= 11 is 0.116. The van der Waals surface area contributed by atoms with Crippen LogP contribution in [0.25, 0.3) is 0 Å². The number of carbonyl (C=O) groups is 2. The molecule has 1 atom stereocenters. The van der Waals surface area contributed by atoms with Gasteiger partial charge in [-0.2, -0.15) is 0 Å². The molecule has 0 spiro atoms. The fourth-order valence-electron chi connectivity index (χ4n) is 1.90. The molecule has 0 radical (unpaired) electrons. The van der Waals surface area contributed by atoms with Crippen molar-refractivity contribution >= 4 is 26.8 Å². The number of esters is 1. The van der Waals surface area contributed by atoms with Crippen molar-refractivity contribution in [3.63, 3.8) is 0 Å². The fourth-order valence-corrected chi connectivity index (χ4v) is 4.52. The second kappa shape index (κ2) is 6.04. The zero-order valence-electron chi connectivity index (χ0n) is 10.8. The number of benzene rings is 1. The molecule has 2 rings (SSSR count). The number of methoxy groups -OCH3 is 1. The molecule has 1 aromatic carbocycles. The molecular formula is C14H15NO3Se. The van der Waals surface area contributed by atoms with Crippen molar-refractivity contribution in [3.05, 3.63) is 47.7 Å². The molecule has 19 heavy (non-hydrogen) atoms. The Morgan fingerprint density at radius 2 is 2.00 bits per heavy atom. The quantitative estimate of drug-likeness (QED) is 0.615. The predicted molar refractivity (Wildman–Crippen MR) is 72.4 cm³/mol. The summed E-state index contributed by atoms with van der Waals surface area (Å²) in [6.07, 6.45) is 1.64. The van der Waals surface area contributed by atoms with Gasteiger partial charge in [0, 0.05) is 0 Å². The number of amides is 1. The predicted octanol–water partition coefficient (Wildman–Crippen LogP) is 1.73. The second-order valence-corrected chi connectivity index (χ2v) is 6.39. The molecule has 0 aromatic heterocycles. The Labute approximate surface area is 118 Å². The monoisotopic (exact) mass is 325 g/mol. The molecule has 4 nitrogen and oxygen atoms in total. The van der Waals surface area contributed by atoms with Crippen LogP contribution in [0.4, 0.5) is 0 Å². The molecule has 0 aliphatic carbocycles. The van der Waals surface area contributed by atoms with E-state index in [2.05, 4.69) is 0 Å². The van der Waals surface area contributed by atoms with Crippen molar-refractivity contribution in [1.82, 2.24) is 4.90 Å². The van der Waals surface area contributed by atoms with Gasteiger partial charge in [0.15, 0.2) is 0 Å². The minimum atomic E-state index is -0.348. The van der Waals surface area contributed by atoms with E-state index in [1.807, 2.05) is 30.3 Å². The van der Waals surface area contributed by atoms with Gasteiger partial charge in [0.2, 0.25) is 0 Å². The first kappa shape index (κ1) is 13.8. The average molecular weight is 324 g/mol. The van der Waals surface area contributed by atoms with E-state index < -0.39 is 0 Å². The summed E-state index contributed by atoms with van der Waals surface area (Å²) in [4.78, 5) is 25.0. The van der Waals surface area contributed by atoms with E-state index in [0.29, 0.717) is 10.9 Å². The molecular weight excluding hydrogens is 309 g/mol. The van der Waals surface area contributed by atoms with Crippen LogP contribution in [0.2, 0.25) is 5.32 Å². The number of hydrogen-bond donors (Lipinski definition) is 0. The van der Waals surface area contributed by atoms with Gasteiger partial charge in [0.05, 0.1) is 0 Å². The van der Waals surface area contributed by atoms with Gasteiger partial charge in [-0.05, 0) is 0 Å². The zero-order chi connectivity index (χ0) is 13.8. The fraction of sp³-hybridized carbons (Fsp3) is 0.286. The Morgan fingerprint density at radius 1 is 1.32 bits per heavy atom. The molecule has 1 aliphatic heterocycles. The van der Waals surface area contributed by atoms with Crippen LogP contribution in [-0.4, -0.2) is 38.8 Å². The van der Waals surface area contributed by atoms with Crippen molar-refractivity contribution < 1.29 is 14.3 Å². The van der Waals surface area contributed by atoms with Crippen LogP contribution in [0, 0.1) is 0 Å². The van der Waals surface area contributed by atoms with Crippen LogP contribution in [0.5, 0.6) is 0 Å². The van der Waals surface area contributed by atoms with Gasteiger partial charge >= 0.3 is 118 Å². The van der Waals surface area contributed by atoms with Gasteiger partial charge in [0.1, 0.15) is 0 Å². The molecule has 1 amide bonds. The normalized spacial score (nSPS) is 18.7. The van der Waals surface area contributed by atoms with Gasteiger partial charge in [-0.3, -0.25) is 0 Å². The Balaban J connectivity index is 2.31. The van der Waals surface area contributed by atoms with Crippen molar-refractivity contribution in [1.29, 1.82) is 0 Å². The third-order valence-electron chi connectivity index (χ3n) is 2.84. The van der Waals surface area contributed by atoms with E-state index in [9.17, 15) is 9.59 Å². The minimum absolute atomic E-state index is 0.0552. The standard InChI is InChI=1S/C14H15NO3Se/c1-10(16)15-8-12(14(17)18-2)9-19-13(15)11-6-4-3-5-7-11/h3-8,13H,9H2,1-2H3. The molecule has 0 saturated heterocycles. The molecule has 1 aliphatic rings. The summed E-state index contributed by atoms with van der Waals surface area (Å²) in [5.74, 6) is -0.406. The summed E-state index contributed by atoms with van der Waals surface area (Å²) in [5, 5.41) is 0.684. The third kappa shape index (κ3) is 3.06. The number of rotatable bonds is 2. The van der Waals surface area contributed by atoms with Crippen LogP contribution in [0.1, 0.15) is 17.4 Å². The van der Waals surface area contributed by atoms with Crippen molar-refractivity contribution in [2.45, 2.75) is 17.2 Å². The van der Waals surface area contributed by atoms with Crippen LogP contribution >= 0.6 is 0 Å². The first-order valence-corrected chi connectivity index (χ1v) is 8.08. The summed E-state index contributed by atoms with van der Waals surface area (Å²) in [6, 6.07) is 9.90. The molecule has 1 heterocycles. The molecule has 1 unspecified atom stereocenters. The van der Waals surface area contributed by atoms with Crippen LogP contribution in [0.3, 0.4) is 0 Å². The number of carbonyl (C=O) groups excluding carboxylic acids is 2. The molecule has 100 valence electrons. The number of hydrogen-bond acceptors (Lipinski definition) is 3. The second-order valence-electron chi connectivity index (χ2n) is 4.15. The van der Waals surface area contributed by atoms with Gasteiger partial charge in [-0.15, -0.1) is 0 Å². The Kier molecular flexibility index (Phi) is 4.40. The Morgan fingerprint density at radius 3 is 2.58 bits per heavy atom. The Hall–Kier alpha value is -1.58. The molecule has 0 fully saturated rings. The van der Waals surface area contributed by atoms with E-state index in [1.165, 1.54) is 14.0 Å². The zero-order valence-corrected chi connectivity index (χ0v) is 12.5. The molecule has 1 aromatic rings. The van der Waals surface area contributed by atoms with Crippen LogP contribution < -0.4 is 0 Å². The molecule has 0 saturated carbocycles. The Bertz CT molecular complexity index is 513. The van der Waals surface area contributed by atoms with Crippen molar-refractivity contribution in [3.8, 4) is 0 Å². The van der Waals surface area contributed by atoms with E-state index in [-0.39, 0.29) is 31.8 Å². The number of ether oxygens (including phenoxy) is 1. The summed E-state index contributed by atoms with van der Waals surface area (Å²) < 4.78 is 4.72. The third-order valence-corrected chi connectivity index (χ3v) is 5.55. The SMILES string of the molecule is COC(=O)C1=CN(C(C)=O)C(c2ccccc2)[Se]C1. The van der Waals surface area contributed by atoms with E-state index in [4.69, 9.17) is 4.74 Å². The van der Waals surface area contributed by atoms with Crippen LogP contribution in [-0.2, 0) is 14.3 Å². The summed E-state index contributed by atoms with van der Waals surface area (Å²) in [6.45, 7) is 1.52. The van der Waals surface area contributed by atoms with Crippen molar-refractivity contribution in [2.24, 2.45) is 0 Å². The van der Waals surface area contributed by atoms with Crippen molar-refractivity contribution in [2.75, 3.05) is 7.11 Å². The van der Waals surface area contributed by atoms with Crippen LogP contribution in [0.15, 0.2) is 42.1 Å². The van der Waals surface area contributed by atoms with Gasteiger partial charge in [0.25, 0.3) is 0 Å². The van der Waals surface area contributed by atoms with E-state index in [0.717, 1.165) is 5.56 Å². The summed E-state index contributed by atoms with van der Waals surface area (Å²) in [5.41, 5.74) is 1.68. The molecule has 5 heteroatoms. The average Bonchev–Trinajstić information content (AvgIpc) is 2.46. The van der Waals surface area contributed by atoms with E-state index >= 15 is 0 Å². The van der Waals surface area contributed by atoms with Gasteiger partial charge in [-0.25, -0.2) is 0 Å². The van der Waals surface area contributed by atoms with E-state index in [1.54, 1.807) is 11.1 Å². The summed E-state index contributed by atoms with van der Waals surface area (Å²) in [7, 11) is 1.36. The topological polar surface area (TPSA) is 46.6 Å².